The molecule has 27 heavy (non-hydrogen) atoms. The van der Waals surface area contributed by atoms with Crippen LogP contribution in [-0.4, -0.2) is 4.57 Å². The number of pyridine rings is 2. The molecule has 3 heterocycles. The molecule has 0 spiro atoms. The Labute approximate surface area is 158 Å². The number of benzene rings is 2. The maximum absolute atomic E-state index is 2.38. The van der Waals surface area contributed by atoms with Gasteiger partial charge in [-0.2, -0.15) is 9.13 Å². The SMILES string of the molecule is C[n+]1ccccc1-c1c(-n2c3ccccc3c3ccccc32)ccc[n+]1C. The van der Waals surface area contributed by atoms with E-state index in [1.54, 1.807) is 0 Å². The van der Waals surface area contributed by atoms with Crippen LogP contribution in [-0.2, 0) is 14.1 Å². The normalized spacial score (nSPS) is 11.3. The summed E-state index contributed by atoms with van der Waals surface area (Å²) >= 11 is 0. The lowest BCUT2D eigenvalue weighted by Gasteiger charge is -2.10. The Hall–Kier alpha value is -3.46. The van der Waals surface area contributed by atoms with Crippen LogP contribution in [0.15, 0.2) is 91.3 Å². The van der Waals surface area contributed by atoms with Crippen molar-refractivity contribution in [1.82, 2.24) is 4.57 Å². The van der Waals surface area contributed by atoms with Gasteiger partial charge in [0.25, 0.3) is 5.69 Å². The zero-order valence-corrected chi connectivity index (χ0v) is 15.5. The Morgan fingerprint density at radius 3 is 1.85 bits per heavy atom. The maximum Gasteiger partial charge on any atom is 0.301 e. The molecule has 0 radical (unpaired) electrons. The molecule has 3 heteroatoms. The number of hydrogen-bond acceptors (Lipinski definition) is 0. The standard InChI is InChI=1S/C24H21N3/c1-25-16-8-7-14-22(25)24-23(15-9-17-26(24)2)27-20-12-5-3-10-18(20)19-11-4-6-13-21(19)27/h3-17H,1-2H3/q+2. The molecule has 130 valence electrons. The second-order valence-electron chi connectivity index (χ2n) is 6.92. The molecule has 0 aliphatic heterocycles. The number of para-hydroxylation sites is 2. The predicted molar refractivity (Wildman–Crippen MR) is 109 cm³/mol. The zero-order valence-electron chi connectivity index (χ0n) is 15.5. The maximum atomic E-state index is 2.38. The fraction of sp³-hybridized carbons (Fsp3) is 0.0833. The summed E-state index contributed by atoms with van der Waals surface area (Å²) in [6, 6.07) is 27.9. The molecule has 2 aromatic carbocycles. The van der Waals surface area contributed by atoms with Crippen LogP contribution in [0, 0.1) is 0 Å². The van der Waals surface area contributed by atoms with Gasteiger partial charge in [-0.15, -0.1) is 0 Å². The first kappa shape index (κ1) is 15.8. The highest BCUT2D eigenvalue weighted by atomic mass is 15.1. The van der Waals surface area contributed by atoms with Crippen LogP contribution in [0.25, 0.3) is 38.9 Å². The van der Waals surface area contributed by atoms with Gasteiger partial charge >= 0.3 is 5.69 Å². The van der Waals surface area contributed by atoms with Gasteiger partial charge in [0.2, 0.25) is 0 Å². The second kappa shape index (κ2) is 6.06. The fourth-order valence-corrected chi connectivity index (χ4v) is 4.04. The van der Waals surface area contributed by atoms with Gasteiger partial charge in [0.15, 0.2) is 12.4 Å². The molecule has 5 aromatic rings. The number of hydrogen-bond donors (Lipinski definition) is 0. The van der Waals surface area contributed by atoms with E-state index in [9.17, 15) is 0 Å². The molecule has 0 amide bonds. The molecular weight excluding hydrogens is 330 g/mol. The summed E-state index contributed by atoms with van der Waals surface area (Å²) in [5.74, 6) is 0. The minimum Gasteiger partial charge on any atom is -0.303 e. The quantitative estimate of drug-likeness (QED) is 0.425. The molecule has 0 aliphatic carbocycles. The van der Waals surface area contributed by atoms with Crippen molar-refractivity contribution >= 4 is 21.8 Å². The van der Waals surface area contributed by atoms with E-state index in [1.807, 2.05) is 0 Å². The van der Waals surface area contributed by atoms with Crippen LogP contribution in [0.2, 0.25) is 0 Å². The summed E-state index contributed by atoms with van der Waals surface area (Å²) in [6.07, 6.45) is 4.21. The van der Waals surface area contributed by atoms with Gasteiger partial charge in [-0.25, -0.2) is 0 Å². The van der Waals surface area contributed by atoms with Gasteiger partial charge in [-0.05, 0) is 24.3 Å². The molecule has 5 rings (SSSR count). The molecular formula is C24H21N3+2. The fourth-order valence-electron chi connectivity index (χ4n) is 4.04. The molecule has 0 bridgehead atoms. The van der Waals surface area contributed by atoms with E-state index >= 15 is 0 Å². The van der Waals surface area contributed by atoms with Gasteiger partial charge in [0, 0.05) is 29.0 Å². The zero-order chi connectivity index (χ0) is 18.4. The molecule has 3 aromatic heterocycles. The van der Waals surface area contributed by atoms with E-state index in [1.165, 1.54) is 38.9 Å². The van der Waals surface area contributed by atoms with E-state index < -0.39 is 0 Å². The van der Waals surface area contributed by atoms with E-state index in [4.69, 9.17) is 0 Å². The van der Waals surface area contributed by atoms with E-state index in [0.717, 1.165) is 0 Å². The number of fused-ring (bicyclic) bond motifs is 3. The molecule has 0 unspecified atom stereocenters. The van der Waals surface area contributed by atoms with Crippen molar-refractivity contribution in [3.63, 3.8) is 0 Å². The summed E-state index contributed by atoms with van der Waals surface area (Å²) in [7, 11) is 4.21. The van der Waals surface area contributed by atoms with Crippen molar-refractivity contribution in [2.75, 3.05) is 0 Å². The third-order valence-corrected chi connectivity index (χ3v) is 5.28. The predicted octanol–water partition coefficient (Wildman–Crippen LogP) is 4.10. The third-order valence-electron chi connectivity index (χ3n) is 5.28. The van der Waals surface area contributed by atoms with Gasteiger partial charge in [-0.3, -0.25) is 0 Å². The number of rotatable bonds is 2. The van der Waals surface area contributed by atoms with Crippen molar-refractivity contribution in [3.8, 4) is 17.1 Å². The van der Waals surface area contributed by atoms with E-state index in [0.29, 0.717) is 0 Å². The van der Waals surface area contributed by atoms with Crippen molar-refractivity contribution < 1.29 is 9.13 Å². The molecule has 0 aliphatic rings. The van der Waals surface area contributed by atoms with Crippen LogP contribution >= 0.6 is 0 Å². The Morgan fingerprint density at radius 1 is 0.593 bits per heavy atom. The van der Waals surface area contributed by atoms with Crippen LogP contribution in [0.1, 0.15) is 0 Å². The van der Waals surface area contributed by atoms with Crippen LogP contribution in [0.5, 0.6) is 0 Å². The number of aryl methyl sites for hydroxylation is 2. The third kappa shape index (κ3) is 2.36. The van der Waals surface area contributed by atoms with Crippen molar-refractivity contribution in [2.45, 2.75) is 0 Å². The van der Waals surface area contributed by atoms with Gasteiger partial charge in [0.05, 0.1) is 11.0 Å². The Balaban J connectivity index is 1.95. The highest BCUT2D eigenvalue weighted by molar-refractivity contribution is 6.09. The van der Waals surface area contributed by atoms with E-state index in [2.05, 4.69) is 119 Å². The van der Waals surface area contributed by atoms with Gasteiger partial charge < -0.3 is 4.57 Å². The summed E-state index contributed by atoms with van der Waals surface area (Å²) in [6.45, 7) is 0. The van der Waals surface area contributed by atoms with E-state index in [-0.39, 0.29) is 0 Å². The highest BCUT2D eigenvalue weighted by Crippen LogP contribution is 2.33. The smallest absolute Gasteiger partial charge is 0.301 e. The molecule has 0 atom stereocenters. The molecule has 3 nitrogen and oxygen atoms in total. The average Bonchev–Trinajstić information content (AvgIpc) is 3.03. The van der Waals surface area contributed by atoms with Gasteiger partial charge in [-0.1, -0.05) is 36.4 Å². The lowest BCUT2D eigenvalue weighted by Crippen LogP contribution is -2.39. The first-order valence-corrected chi connectivity index (χ1v) is 9.18. The lowest BCUT2D eigenvalue weighted by molar-refractivity contribution is -0.690. The molecule has 0 N–H and O–H groups in total. The summed E-state index contributed by atoms with van der Waals surface area (Å²) in [5, 5.41) is 2.56. The van der Waals surface area contributed by atoms with Crippen LogP contribution in [0.3, 0.4) is 0 Å². The van der Waals surface area contributed by atoms with Crippen molar-refractivity contribution in [1.29, 1.82) is 0 Å². The largest absolute Gasteiger partial charge is 0.303 e. The molecule has 0 saturated heterocycles. The molecule has 0 saturated carbocycles. The summed E-state index contributed by atoms with van der Waals surface area (Å²) in [5.41, 5.74) is 6.00. The monoisotopic (exact) mass is 351 g/mol. The van der Waals surface area contributed by atoms with Crippen LogP contribution < -0.4 is 9.13 Å². The first-order chi connectivity index (χ1) is 13.3. The molecule has 0 fully saturated rings. The topological polar surface area (TPSA) is 12.7 Å². The summed E-state index contributed by atoms with van der Waals surface area (Å²) in [4.78, 5) is 0. The Morgan fingerprint density at radius 2 is 1.19 bits per heavy atom. The van der Waals surface area contributed by atoms with Crippen LogP contribution in [0.4, 0.5) is 0 Å². The minimum atomic E-state index is 1.18. The highest BCUT2D eigenvalue weighted by Gasteiger charge is 2.26. The first-order valence-electron chi connectivity index (χ1n) is 9.18. The summed E-state index contributed by atoms with van der Waals surface area (Å²) < 4.78 is 6.76. The van der Waals surface area contributed by atoms with Crippen molar-refractivity contribution in [2.24, 2.45) is 14.1 Å². The Bertz CT molecular complexity index is 1240. The van der Waals surface area contributed by atoms with Crippen molar-refractivity contribution in [3.05, 3.63) is 91.3 Å². The van der Waals surface area contributed by atoms with Gasteiger partial charge in [0.1, 0.15) is 19.8 Å². The minimum absolute atomic E-state index is 1.18. The average molecular weight is 351 g/mol. The second-order valence-corrected chi connectivity index (χ2v) is 6.92. The lowest BCUT2D eigenvalue weighted by atomic mass is 10.2. The number of aromatic nitrogens is 3. The Kier molecular flexibility index (Phi) is 3.54. The number of nitrogens with zero attached hydrogens (tertiary/aromatic N) is 3.